The van der Waals surface area contributed by atoms with Gasteiger partial charge in [-0.25, -0.2) is 0 Å². The number of nitrogens with one attached hydrogen (secondary N) is 1. The highest BCUT2D eigenvalue weighted by molar-refractivity contribution is 5.79. The number of likely N-dealkylation sites (tertiary alicyclic amines) is 1. The summed E-state index contributed by atoms with van der Waals surface area (Å²) >= 11 is 0. The lowest BCUT2D eigenvalue weighted by molar-refractivity contribution is -0.139. The SMILES string of the molecule is CCCNC1CCCN(C(=O)C2CCC2)C1. The van der Waals surface area contributed by atoms with Crippen molar-refractivity contribution in [2.75, 3.05) is 19.6 Å². The van der Waals surface area contributed by atoms with Crippen LogP contribution in [0.15, 0.2) is 0 Å². The van der Waals surface area contributed by atoms with Crippen molar-refractivity contribution in [3.05, 3.63) is 0 Å². The van der Waals surface area contributed by atoms with E-state index in [9.17, 15) is 4.79 Å². The number of rotatable bonds is 4. The normalized spacial score (nSPS) is 26.6. The quantitative estimate of drug-likeness (QED) is 0.789. The Morgan fingerprint density at radius 1 is 1.31 bits per heavy atom. The van der Waals surface area contributed by atoms with Gasteiger partial charge in [-0.1, -0.05) is 13.3 Å². The van der Waals surface area contributed by atoms with Crippen molar-refractivity contribution in [2.24, 2.45) is 5.92 Å². The first-order valence-corrected chi connectivity index (χ1v) is 6.83. The van der Waals surface area contributed by atoms with Gasteiger partial charge >= 0.3 is 0 Å². The molecular weight excluding hydrogens is 200 g/mol. The van der Waals surface area contributed by atoms with Crippen molar-refractivity contribution in [2.45, 2.75) is 51.5 Å². The van der Waals surface area contributed by atoms with E-state index in [0.29, 0.717) is 17.9 Å². The molecule has 1 N–H and O–H groups in total. The van der Waals surface area contributed by atoms with Crippen molar-refractivity contribution in [3.63, 3.8) is 0 Å². The van der Waals surface area contributed by atoms with Gasteiger partial charge in [-0.05, 0) is 38.6 Å². The van der Waals surface area contributed by atoms with Crippen LogP contribution in [0.1, 0.15) is 45.4 Å². The fourth-order valence-corrected chi connectivity index (χ4v) is 2.61. The standard InChI is InChI=1S/C13H24N2O/c1-2-8-14-12-7-4-9-15(10-12)13(16)11-5-3-6-11/h11-12,14H,2-10H2,1H3. The summed E-state index contributed by atoms with van der Waals surface area (Å²) in [4.78, 5) is 14.2. The van der Waals surface area contributed by atoms with Crippen LogP contribution in [0.3, 0.4) is 0 Å². The molecule has 1 unspecified atom stereocenters. The Hall–Kier alpha value is -0.570. The molecule has 1 saturated carbocycles. The van der Waals surface area contributed by atoms with Crippen LogP contribution in [-0.2, 0) is 4.79 Å². The van der Waals surface area contributed by atoms with E-state index < -0.39 is 0 Å². The number of nitrogens with zero attached hydrogens (tertiary/aromatic N) is 1. The molecule has 2 aliphatic rings. The van der Waals surface area contributed by atoms with Gasteiger partial charge in [0, 0.05) is 25.0 Å². The first kappa shape index (κ1) is 11.9. The minimum Gasteiger partial charge on any atom is -0.341 e. The molecule has 1 atom stereocenters. The van der Waals surface area contributed by atoms with Gasteiger partial charge in [0.25, 0.3) is 0 Å². The molecule has 2 fully saturated rings. The monoisotopic (exact) mass is 224 g/mol. The molecule has 92 valence electrons. The maximum Gasteiger partial charge on any atom is 0.225 e. The zero-order valence-electron chi connectivity index (χ0n) is 10.4. The maximum absolute atomic E-state index is 12.1. The third-order valence-corrected chi connectivity index (χ3v) is 3.87. The van der Waals surface area contributed by atoms with Crippen LogP contribution in [0.5, 0.6) is 0 Å². The van der Waals surface area contributed by atoms with E-state index in [2.05, 4.69) is 17.1 Å². The van der Waals surface area contributed by atoms with Gasteiger partial charge in [0.2, 0.25) is 5.91 Å². The Labute approximate surface area is 98.6 Å². The summed E-state index contributed by atoms with van der Waals surface area (Å²) in [6.45, 7) is 5.19. The van der Waals surface area contributed by atoms with Gasteiger partial charge in [-0.15, -0.1) is 0 Å². The third-order valence-electron chi connectivity index (χ3n) is 3.87. The molecule has 0 aromatic rings. The van der Waals surface area contributed by atoms with Gasteiger partial charge in [0.1, 0.15) is 0 Å². The highest BCUT2D eigenvalue weighted by atomic mass is 16.2. The summed E-state index contributed by atoms with van der Waals surface area (Å²) in [6.07, 6.45) is 7.08. The van der Waals surface area contributed by atoms with E-state index >= 15 is 0 Å². The van der Waals surface area contributed by atoms with Gasteiger partial charge in [0.15, 0.2) is 0 Å². The van der Waals surface area contributed by atoms with E-state index in [1.54, 1.807) is 0 Å². The summed E-state index contributed by atoms with van der Waals surface area (Å²) < 4.78 is 0. The van der Waals surface area contributed by atoms with E-state index in [4.69, 9.17) is 0 Å². The minimum atomic E-state index is 0.366. The average Bonchev–Trinajstić information content (AvgIpc) is 2.24. The van der Waals surface area contributed by atoms with E-state index in [-0.39, 0.29) is 0 Å². The van der Waals surface area contributed by atoms with Crippen molar-refractivity contribution >= 4 is 5.91 Å². The molecule has 1 aliphatic heterocycles. The van der Waals surface area contributed by atoms with Crippen LogP contribution in [0.25, 0.3) is 0 Å². The molecule has 0 bridgehead atoms. The first-order chi connectivity index (χ1) is 7.81. The van der Waals surface area contributed by atoms with Crippen LogP contribution in [0.2, 0.25) is 0 Å². The largest absolute Gasteiger partial charge is 0.341 e. The summed E-state index contributed by atoms with van der Waals surface area (Å²) in [5.74, 6) is 0.791. The summed E-state index contributed by atoms with van der Waals surface area (Å²) in [5, 5.41) is 3.54. The molecule has 0 radical (unpaired) electrons. The molecule has 16 heavy (non-hydrogen) atoms. The van der Waals surface area contributed by atoms with Crippen LogP contribution in [0, 0.1) is 5.92 Å². The Morgan fingerprint density at radius 3 is 2.75 bits per heavy atom. The van der Waals surface area contributed by atoms with Gasteiger partial charge in [-0.3, -0.25) is 4.79 Å². The minimum absolute atomic E-state index is 0.366. The Balaban J connectivity index is 1.78. The first-order valence-electron chi connectivity index (χ1n) is 6.83. The third kappa shape index (κ3) is 2.76. The fourth-order valence-electron chi connectivity index (χ4n) is 2.61. The molecule has 0 aromatic carbocycles. The lowest BCUT2D eigenvalue weighted by atomic mass is 9.84. The average molecular weight is 224 g/mol. The summed E-state index contributed by atoms with van der Waals surface area (Å²) in [6, 6.07) is 0.540. The predicted octanol–water partition coefficient (Wildman–Crippen LogP) is 1.78. The van der Waals surface area contributed by atoms with E-state index in [1.807, 2.05) is 0 Å². The molecular formula is C13H24N2O. The molecule has 2 rings (SSSR count). The van der Waals surface area contributed by atoms with Crippen LogP contribution in [-0.4, -0.2) is 36.5 Å². The highest BCUT2D eigenvalue weighted by Crippen LogP contribution is 2.29. The zero-order valence-corrected chi connectivity index (χ0v) is 10.4. The Kier molecular flexibility index (Phi) is 4.22. The van der Waals surface area contributed by atoms with Crippen molar-refractivity contribution in [1.29, 1.82) is 0 Å². The second kappa shape index (κ2) is 5.67. The second-order valence-corrected chi connectivity index (χ2v) is 5.21. The fraction of sp³-hybridized carbons (Fsp3) is 0.923. The maximum atomic E-state index is 12.1. The number of carbonyl (C=O) groups excluding carboxylic acids is 1. The Morgan fingerprint density at radius 2 is 2.12 bits per heavy atom. The lowest BCUT2D eigenvalue weighted by Gasteiger charge is -2.37. The molecule has 3 heteroatoms. The molecule has 0 spiro atoms. The number of piperidine rings is 1. The van der Waals surface area contributed by atoms with Crippen molar-refractivity contribution < 1.29 is 4.79 Å². The predicted molar refractivity (Wildman–Crippen MR) is 65.2 cm³/mol. The second-order valence-electron chi connectivity index (χ2n) is 5.21. The number of amides is 1. The molecule has 3 nitrogen and oxygen atoms in total. The topological polar surface area (TPSA) is 32.3 Å². The highest BCUT2D eigenvalue weighted by Gasteiger charge is 2.31. The molecule has 0 aromatic heterocycles. The van der Waals surface area contributed by atoms with Crippen LogP contribution in [0.4, 0.5) is 0 Å². The summed E-state index contributed by atoms with van der Waals surface area (Å²) in [5.41, 5.74) is 0. The molecule has 1 saturated heterocycles. The number of hydrogen-bond donors (Lipinski definition) is 1. The van der Waals surface area contributed by atoms with E-state index in [0.717, 1.165) is 32.5 Å². The van der Waals surface area contributed by atoms with Gasteiger partial charge in [-0.2, -0.15) is 0 Å². The van der Waals surface area contributed by atoms with E-state index in [1.165, 1.54) is 25.7 Å². The van der Waals surface area contributed by atoms with Crippen LogP contribution >= 0.6 is 0 Å². The van der Waals surface area contributed by atoms with Crippen molar-refractivity contribution in [3.8, 4) is 0 Å². The molecule has 1 heterocycles. The smallest absolute Gasteiger partial charge is 0.225 e. The van der Waals surface area contributed by atoms with Gasteiger partial charge in [0.05, 0.1) is 0 Å². The Bertz CT molecular complexity index is 238. The lowest BCUT2D eigenvalue weighted by Crippen LogP contribution is -2.50. The number of hydrogen-bond acceptors (Lipinski definition) is 2. The molecule has 1 aliphatic carbocycles. The zero-order chi connectivity index (χ0) is 11.4. The van der Waals surface area contributed by atoms with Crippen LogP contribution < -0.4 is 5.32 Å². The van der Waals surface area contributed by atoms with Gasteiger partial charge < -0.3 is 10.2 Å². The number of carbonyl (C=O) groups is 1. The summed E-state index contributed by atoms with van der Waals surface area (Å²) in [7, 11) is 0. The van der Waals surface area contributed by atoms with Crippen molar-refractivity contribution in [1.82, 2.24) is 10.2 Å². The molecule has 1 amide bonds.